The van der Waals surface area contributed by atoms with Crippen LogP contribution >= 0.6 is 23.1 Å². The lowest BCUT2D eigenvalue weighted by atomic mass is 9.88. The zero-order valence-corrected chi connectivity index (χ0v) is 32.6. The molecule has 6 rings (SSSR count). The molecule has 1 aromatic heterocycles. The molecule has 1 aliphatic carbocycles. The molecule has 4 aromatic carbocycles. The number of amides is 3. The van der Waals surface area contributed by atoms with Crippen LogP contribution in [0.5, 0.6) is 5.75 Å². The summed E-state index contributed by atoms with van der Waals surface area (Å²) >= 11 is 2.78. The van der Waals surface area contributed by atoms with Gasteiger partial charge < -0.3 is 25.4 Å². The Morgan fingerprint density at radius 2 is 1.64 bits per heavy atom. The normalized spacial score (nSPS) is 14.2. The third-order valence-electron chi connectivity index (χ3n) is 8.97. The van der Waals surface area contributed by atoms with Crippen molar-refractivity contribution in [2.24, 2.45) is 5.92 Å². The van der Waals surface area contributed by atoms with Gasteiger partial charge >= 0.3 is 5.97 Å². The first-order chi connectivity index (χ1) is 26.7. The topological polar surface area (TPSA) is 123 Å². The molecule has 11 heteroatoms. The molecule has 1 aliphatic rings. The van der Waals surface area contributed by atoms with E-state index in [-0.39, 0.29) is 18.2 Å². The Balaban J connectivity index is 1.14. The SMILES string of the molecule is CCOC(=O)c1c(NC(=O)C(C)Sc2cccc(NC(=O)/C(=C/c3ccc(OCc4ccccc4)cc3)NC(=O)c3ccccc3)c2)sc2c1CCC(C)C2. The van der Waals surface area contributed by atoms with Gasteiger partial charge in [0.1, 0.15) is 23.1 Å². The summed E-state index contributed by atoms with van der Waals surface area (Å²) in [5.41, 5.74) is 4.12. The molecule has 0 aliphatic heterocycles. The molecule has 9 nitrogen and oxygen atoms in total. The number of benzene rings is 4. The van der Waals surface area contributed by atoms with Gasteiger partial charge in [-0.1, -0.05) is 73.7 Å². The van der Waals surface area contributed by atoms with E-state index in [9.17, 15) is 19.2 Å². The molecule has 0 saturated heterocycles. The first-order valence-electron chi connectivity index (χ1n) is 18.2. The van der Waals surface area contributed by atoms with Gasteiger partial charge in [0.25, 0.3) is 11.8 Å². The van der Waals surface area contributed by atoms with Crippen LogP contribution in [-0.2, 0) is 33.8 Å². The average Bonchev–Trinajstić information content (AvgIpc) is 3.55. The van der Waals surface area contributed by atoms with Gasteiger partial charge in [0.15, 0.2) is 0 Å². The van der Waals surface area contributed by atoms with E-state index in [1.54, 1.807) is 62.4 Å². The van der Waals surface area contributed by atoms with Crippen LogP contribution in [0.4, 0.5) is 10.7 Å². The molecule has 3 amide bonds. The number of carbonyl (C=O) groups excluding carboxylic acids is 4. The maximum atomic E-state index is 13.8. The van der Waals surface area contributed by atoms with Gasteiger partial charge in [-0.05, 0) is 104 Å². The fourth-order valence-electron chi connectivity index (χ4n) is 6.09. The Bertz CT molecular complexity index is 2170. The Morgan fingerprint density at radius 1 is 0.909 bits per heavy atom. The summed E-state index contributed by atoms with van der Waals surface area (Å²) in [4.78, 5) is 55.3. The molecule has 0 saturated carbocycles. The molecule has 0 spiro atoms. The van der Waals surface area contributed by atoms with Crippen LogP contribution in [0.1, 0.15) is 69.5 Å². The van der Waals surface area contributed by atoms with Crippen molar-refractivity contribution in [2.45, 2.75) is 56.8 Å². The minimum Gasteiger partial charge on any atom is -0.489 e. The van der Waals surface area contributed by atoms with Gasteiger partial charge in [-0.15, -0.1) is 23.1 Å². The minimum atomic E-state index is -0.528. The summed E-state index contributed by atoms with van der Waals surface area (Å²) in [6, 6.07) is 32.9. The number of hydrogen-bond donors (Lipinski definition) is 3. The van der Waals surface area contributed by atoms with E-state index in [4.69, 9.17) is 9.47 Å². The van der Waals surface area contributed by atoms with E-state index in [1.165, 1.54) is 23.1 Å². The molecule has 2 unspecified atom stereocenters. The number of thiophene rings is 1. The van der Waals surface area contributed by atoms with Crippen LogP contribution in [0.3, 0.4) is 0 Å². The number of ether oxygens (including phenoxy) is 2. The lowest BCUT2D eigenvalue weighted by Crippen LogP contribution is -2.30. The molecule has 0 radical (unpaired) electrons. The van der Waals surface area contributed by atoms with Crippen molar-refractivity contribution in [3.63, 3.8) is 0 Å². The zero-order valence-electron chi connectivity index (χ0n) is 30.9. The van der Waals surface area contributed by atoms with Gasteiger partial charge in [-0.3, -0.25) is 14.4 Å². The minimum absolute atomic E-state index is 0.0445. The summed E-state index contributed by atoms with van der Waals surface area (Å²) in [5.74, 6) is -0.434. The third kappa shape index (κ3) is 10.5. The highest BCUT2D eigenvalue weighted by atomic mass is 32.2. The van der Waals surface area contributed by atoms with Crippen LogP contribution in [-0.4, -0.2) is 35.5 Å². The molecule has 5 aromatic rings. The first-order valence-corrected chi connectivity index (χ1v) is 19.9. The lowest BCUT2D eigenvalue weighted by molar-refractivity contribution is -0.115. The van der Waals surface area contributed by atoms with E-state index in [0.717, 1.165) is 40.2 Å². The highest BCUT2D eigenvalue weighted by Crippen LogP contribution is 2.40. The summed E-state index contributed by atoms with van der Waals surface area (Å²) in [7, 11) is 0. The average molecular weight is 774 g/mol. The molecule has 1 heterocycles. The molecule has 0 fully saturated rings. The lowest BCUT2D eigenvalue weighted by Gasteiger charge is -2.18. The number of esters is 1. The van der Waals surface area contributed by atoms with Crippen molar-refractivity contribution in [2.75, 3.05) is 17.2 Å². The number of hydrogen-bond acceptors (Lipinski definition) is 8. The van der Waals surface area contributed by atoms with E-state index in [1.807, 2.05) is 66.7 Å². The second-order valence-corrected chi connectivity index (χ2v) is 15.7. The maximum Gasteiger partial charge on any atom is 0.341 e. The van der Waals surface area contributed by atoms with Crippen LogP contribution in [0.25, 0.3) is 6.08 Å². The number of rotatable bonds is 14. The predicted molar refractivity (Wildman–Crippen MR) is 220 cm³/mol. The second-order valence-electron chi connectivity index (χ2n) is 13.2. The van der Waals surface area contributed by atoms with Crippen LogP contribution in [0, 0.1) is 5.92 Å². The van der Waals surface area contributed by atoms with E-state index in [0.29, 0.717) is 45.7 Å². The van der Waals surface area contributed by atoms with E-state index < -0.39 is 23.0 Å². The van der Waals surface area contributed by atoms with Crippen molar-refractivity contribution < 1.29 is 28.7 Å². The van der Waals surface area contributed by atoms with Gasteiger partial charge in [0.2, 0.25) is 5.91 Å². The molecule has 55 heavy (non-hydrogen) atoms. The van der Waals surface area contributed by atoms with Crippen molar-refractivity contribution in [1.29, 1.82) is 0 Å². The molecule has 0 bridgehead atoms. The van der Waals surface area contributed by atoms with Gasteiger partial charge in [-0.25, -0.2) is 4.79 Å². The molecular formula is C44H43N3O6S2. The smallest absolute Gasteiger partial charge is 0.341 e. The standard InChI is InChI=1S/C44H43N3O6S2/c1-4-52-44(51)39-36-23-18-28(2)24-38(36)55-43(39)47-40(48)29(3)54-35-17-11-16-33(26-35)45-42(50)37(46-41(49)32-14-9-6-10-15-32)25-30-19-21-34(22-20-30)53-27-31-12-7-5-8-13-31/h5-17,19-22,25-26,28-29H,4,18,23-24,27H2,1-3H3,(H,45,50)(H,46,49)(H,47,48)/b37-25-. The fraction of sp³-hybridized carbons (Fsp3) is 0.227. The Kier molecular flexibility index (Phi) is 13.2. The first kappa shape index (κ1) is 39.1. The van der Waals surface area contributed by atoms with Gasteiger partial charge in [-0.2, -0.15) is 0 Å². The Labute approximate surface area is 329 Å². The van der Waals surface area contributed by atoms with E-state index >= 15 is 0 Å². The largest absolute Gasteiger partial charge is 0.489 e. The van der Waals surface area contributed by atoms with Gasteiger partial charge in [0.05, 0.1) is 17.4 Å². The molecule has 3 N–H and O–H groups in total. The van der Waals surface area contributed by atoms with Crippen molar-refractivity contribution in [1.82, 2.24) is 5.32 Å². The number of nitrogens with one attached hydrogen (secondary N) is 3. The van der Waals surface area contributed by atoms with Crippen LogP contribution in [0.15, 0.2) is 120 Å². The zero-order chi connectivity index (χ0) is 38.7. The van der Waals surface area contributed by atoms with E-state index in [2.05, 4.69) is 22.9 Å². The van der Waals surface area contributed by atoms with Crippen LogP contribution in [0.2, 0.25) is 0 Å². The fourth-order valence-corrected chi connectivity index (χ4v) is 8.41. The van der Waals surface area contributed by atoms with Crippen molar-refractivity contribution >= 4 is 63.6 Å². The Morgan fingerprint density at radius 3 is 2.36 bits per heavy atom. The summed E-state index contributed by atoms with van der Waals surface area (Å²) in [5, 5.41) is 8.69. The Hall–Kier alpha value is -5.65. The maximum absolute atomic E-state index is 13.8. The second kappa shape index (κ2) is 18.6. The predicted octanol–water partition coefficient (Wildman–Crippen LogP) is 9.16. The monoisotopic (exact) mass is 773 g/mol. The number of thioether (sulfide) groups is 1. The quantitative estimate of drug-likeness (QED) is 0.0585. The number of anilines is 2. The molecule has 282 valence electrons. The van der Waals surface area contributed by atoms with Crippen molar-refractivity contribution in [3.05, 3.63) is 148 Å². The molecular weight excluding hydrogens is 731 g/mol. The summed E-state index contributed by atoms with van der Waals surface area (Å²) < 4.78 is 11.3. The summed E-state index contributed by atoms with van der Waals surface area (Å²) in [6.07, 6.45) is 4.24. The highest BCUT2D eigenvalue weighted by molar-refractivity contribution is 8.00. The van der Waals surface area contributed by atoms with Crippen LogP contribution < -0.4 is 20.7 Å². The summed E-state index contributed by atoms with van der Waals surface area (Å²) in [6.45, 7) is 6.43. The highest BCUT2D eigenvalue weighted by Gasteiger charge is 2.30. The van der Waals surface area contributed by atoms with Gasteiger partial charge in [0, 0.05) is 21.0 Å². The van der Waals surface area contributed by atoms with Crippen molar-refractivity contribution in [3.8, 4) is 5.75 Å². The molecule has 2 atom stereocenters. The number of carbonyl (C=O) groups is 4. The number of fused-ring (bicyclic) bond motifs is 1. The third-order valence-corrected chi connectivity index (χ3v) is 11.2.